The third-order valence-electron chi connectivity index (χ3n) is 4.06. The lowest BCUT2D eigenvalue weighted by molar-refractivity contribution is 0.0271. The maximum absolute atomic E-state index is 12.9. The SMILES string of the molecule is CN=C(C)C=C(N)CN(CCC(=Nc1ccccc1)NC(=O)OC(C)(C)C)C(=O)OC(C)(C)C. The number of hydrogen-bond acceptors (Lipinski definition) is 7. The molecule has 2 amide bonds. The number of hydrogen-bond donors (Lipinski definition) is 2. The number of nitrogens with two attached hydrogens (primary N) is 1. The topological polar surface area (TPSA) is 119 Å². The Labute approximate surface area is 203 Å². The molecule has 3 N–H and O–H groups in total. The van der Waals surface area contributed by atoms with E-state index in [0.29, 0.717) is 17.2 Å². The minimum absolute atomic E-state index is 0.132. The summed E-state index contributed by atoms with van der Waals surface area (Å²) < 4.78 is 10.9. The molecule has 0 aliphatic carbocycles. The highest BCUT2D eigenvalue weighted by Crippen LogP contribution is 2.14. The van der Waals surface area contributed by atoms with E-state index < -0.39 is 23.4 Å². The first-order valence-corrected chi connectivity index (χ1v) is 11.2. The Hall–Kier alpha value is -3.36. The molecule has 0 aromatic heterocycles. The number of carbonyl (C=O) groups excluding carboxylic acids is 2. The predicted molar refractivity (Wildman–Crippen MR) is 137 cm³/mol. The molecule has 34 heavy (non-hydrogen) atoms. The van der Waals surface area contributed by atoms with Crippen molar-refractivity contribution in [1.29, 1.82) is 0 Å². The zero-order valence-electron chi connectivity index (χ0n) is 21.6. The van der Waals surface area contributed by atoms with E-state index in [-0.39, 0.29) is 19.5 Å². The molecule has 0 unspecified atom stereocenters. The number of para-hydroxylation sites is 1. The van der Waals surface area contributed by atoms with Gasteiger partial charge >= 0.3 is 12.2 Å². The summed E-state index contributed by atoms with van der Waals surface area (Å²) in [5, 5.41) is 2.70. The van der Waals surface area contributed by atoms with Crippen molar-refractivity contribution >= 4 is 29.4 Å². The minimum atomic E-state index is -0.676. The molecule has 0 atom stereocenters. The summed E-state index contributed by atoms with van der Waals surface area (Å²) in [5.74, 6) is 0.350. The fraction of sp³-hybridized carbons (Fsp3) is 0.520. The summed E-state index contributed by atoms with van der Waals surface area (Å²) in [7, 11) is 1.67. The molecule has 1 aromatic rings. The largest absolute Gasteiger partial charge is 0.444 e. The number of benzene rings is 1. The molecule has 9 heteroatoms. The average molecular weight is 474 g/mol. The molecule has 0 aliphatic heterocycles. The number of amides is 2. The summed E-state index contributed by atoms with van der Waals surface area (Å²) in [5.41, 5.74) is 6.65. The van der Waals surface area contributed by atoms with Gasteiger partial charge in [0.1, 0.15) is 17.0 Å². The first-order valence-electron chi connectivity index (χ1n) is 11.2. The lowest BCUT2D eigenvalue weighted by Gasteiger charge is -2.28. The van der Waals surface area contributed by atoms with Crippen molar-refractivity contribution in [2.75, 3.05) is 20.1 Å². The number of ether oxygens (including phenoxy) is 2. The molecule has 0 bridgehead atoms. The van der Waals surface area contributed by atoms with Crippen LogP contribution in [0.5, 0.6) is 0 Å². The van der Waals surface area contributed by atoms with Crippen LogP contribution in [-0.4, -0.2) is 60.0 Å². The Morgan fingerprint density at radius 1 is 1.06 bits per heavy atom. The number of allylic oxidation sites excluding steroid dienone is 1. The second-order valence-electron chi connectivity index (χ2n) is 9.76. The molecule has 188 valence electrons. The molecule has 0 fully saturated rings. The second-order valence-corrected chi connectivity index (χ2v) is 9.76. The van der Waals surface area contributed by atoms with Crippen molar-refractivity contribution < 1.29 is 19.1 Å². The third kappa shape index (κ3) is 12.6. The van der Waals surface area contributed by atoms with E-state index in [2.05, 4.69) is 15.3 Å². The van der Waals surface area contributed by atoms with E-state index in [1.165, 1.54) is 4.90 Å². The summed E-state index contributed by atoms with van der Waals surface area (Å²) in [6.45, 7) is 12.9. The maximum atomic E-state index is 12.9. The molecular formula is C25H39N5O4. The van der Waals surface area contributed by atoms with E-state index in [0.717, 1.165) is 5.71 Å². The molecular weight excluding hydrogens is 434 g/mol. The standard InChI is InChI=1S/C25H39N5O4/c1-18(27-8)16-19(26)17-30(23(32)34-25(5,6)7)15-14-21(28-20-12-10-9-11-13-20)29-22(31)33-24(2,3)4/h9-13,16H,14-15,17,26H2,1-8H3,(H,28,29,31). The van der Waals surface area contributed by atoms with Crippen molar-refractivity contribution in [2.24, 2.45) is 15.7 Å². The van der Waals surface area contributed by atoms with Gasteiger partial charge in [-0.05, 0) is 66.7 Å². The van der Waals surface area contributed by atoms with Gasteiger partial charge in [0.05, 0.1) is 12.2 Å². The third-order valence-corrected chi connectivity index (χ3v) is 4.06. The molecule has 0 spiro atoms. The number of nitrogens with one attached hydrogen (secondary N) is 1. The van der Waals surface area contributed by atoms with Gasteiger partial charge in [-0.3, -0.25) is 10.3 Å². The van der Waals surface area contributed by atoms with Crippen molar-refractivity contribution in [3.8, 4) is 0 Å². The van der Waals surface area contributed by atoms with Crippen LogP contribution in [0.1, 0.15) is 54.9 Å². The van der Waals surface area contributed by atoms with Gasteiger partial charge in [-0.15, -0.1) is 0 Å². The zero-order valence-corrected chi connectivity index (χ0v) is 21.6. The van der Waals surface area contributed by atoms with Gasteiger partial charge in [0, 0.05) is 31.4 Å². The van der Waals surface area contributed by atoms with Crippen molar-refractivity contribution in [3.63, 3.8) is 0 Å². The van der Waals surface area contributed by atoms with E-state index in [4.69, 9.17) is 15.2 Å². The fourth-order valence-electron chi connectivity index (χ4n) is 2.63. The quantitative estimate of drug-likeness (QED) is 0.435. The molecule has 9 nitrogen and oxygen atoms in total. The lowest BCUT2D eigenvalue weighted by Crippen LogP contribution is -2.42. The molecule has 0 saturated carbocycles. The van der Waals surface area contributed by atoms with E-state index in [9.17, 15) is 9.59 Å². The number of nitrogens with zero attached hydrogens (tertiary/aromatic N) is 3. The molecule has 0 saturated heterocycles. The van der Waals surface area contributed by atoms with Crippen molar-refractivity contribution in [3.05, 3.63) is 42.1 Å². The minimum Gasteiger partial charge on any atom is -0.444 e. The van der Waals surface area contributed by atoms with Crippen LogP contribution in [0.2, 0.25) is 0 Å². The molecule has 1 rings (SSSR count). The van der Waals surface area contributed by atoms with Crippen molar-refractivity contribution in [1.82, 2.24) is 10.2 Å². The second kappa shape index (κ2) is 12.8. The first kappa shape index (κ1) is 28.7. The molecule has 1 aromatic carbocycles. The number of alkyl carbamates (subject to hydrolysis) is 1. The van der Waals surface area contributed by atoms with Gasteiger partial charge in [0.15, 0.2) is 0 Å². The number of amidine groups is 1. The highest BCUT2D eigenvalue weighted by Gasteiger charge is 2.24. The number of rotatable bonds is 7. The lowest BCUT2D eigenvalue weighted by atomic mass is 10.2. The summed E-state index contributed by atoms with van der Waals surface area (Å²) in [6, 6.07) is 9.20. The molecule has 0 aliphatic rings. The Bertz CT molecular complexity index is 909. The highest BCUT2D eigenvalue weighted by molar-refractivity contribution is 5.97. The monoisotopic (exact) mass is 473 g/mol. The van der Waals surface area contributed by atoms with Gasteiger partial charge in [-0.1, -0.05) is 18.2 Å². The summed E-state index contributed by atoms with van der Waals surface area (Å²) in [6.07, 6.45) is 0.794. The summed E-state index contributed by atoms with van der Waals surface area (Å²) >= 11 is 0. The Morgan fingerprint density at radius 2 is 1.65 bits per heavy atom. The molecule has 0 radical (unpaired) electrons. The van der Waals surface area contributed by atoms with Crippen LogP contribution >= 0.6 is 0 Å². The van der Waals surface area contributed by atoms with E-state index >= 15 is 0 Å². The number of aliphatic imine (C=N–C) groups is 2. The Morgan fingerprint density at radius 3 is 2.18 bits per heavy atom. The highest BCUT2D eigenvalue weighted by atomic mass is 16.6. The van der Waals surface area contributed by atoms with E-state index in [1.807, 2.05) is 37.3 Å². The normalized spacial score (nSPS) is 13.4. The van der Waals surface area contributed by atoms with Crippen LogP contribution < -0.4 is 11.1 Å². The van der Waals surface area contributed by atoms with Gasteiger partial charge in [0.2, 0.25) is 0 Å². The van der Waals surface area contributed by atoms with Crippen LogP contribution in [0.15, 0.2) is 52.1 Å². The van der Waals surface area contributed by atoms with Gasteiger partial charge in [0.25, 0.3) is 0 Å². The van der Waals surface area contributed by atoms with Crippen LogP contribution in [0.3, 0.4) is 0 Å². The van der Waals surface area contributed by atoms with Gasteiger partial charge < -0.3 is 20.1 Å². The Kier molecular flexibility index (Phi) is 10.8. The first-order chi connectivity index (χ1) is 15.7. The zero-order chi connectivity index (χ0) is 25.9. The van der Waals surface area contributed by atoms with Crippen LogP contribution in [-0.2, 0) is 9.47 Å². The predicted octanol–water partition coefficient (Wildman–Crippen LogP) is 4.80. The average Bonchev–Trinajstić information content (AvgIpc) is 2.68. The van der Waals surface area contributed by atoms with Crippen LogP contribution in [0.25, 0.3) is 0 Å². The Balaban J connectivity index is 3.13. The van der Waals surface area contributed by atoms with Crippen molar-refractivity contribution in [2.45, 2.75) is 66.1 Å². The van der Waals surface area contributed by atoms with Gasteiger partial charge in [-0.25, -0.2) is 14.6 Å². The van der Waals surface area contributed by atoms with Crippen LogP contribution in [0, 0.1) is 0 Å². The van der Waals surface area contributed by atoms with Crippen LogP contribution in [0.4, 0.5) is 15.3 Å². The fourth-order valence-corrected chi connectivity index (χ4v) is 2.63. The smallest absolute Gasteiger partial charge is 0.413 e. The van der Waals surface area contributed by atoms with Gasteiger partial charge in [-0.2, -0.15) is 0 Å². The maximum Gasteiger partial charge on any atom is 0.413 e. The molecule has 0 heterocycles. The number of carbonyl (C=O) groups is 2. The van der Waals surface area contributed by atoms with E-state index in [1.54, 1.807) is 54.7 Å². The summed E-state index contributed by atoms with van der Waals surface area (Å²) in [4.78, 5) is 35.3.